The second kappa shape index (κ2) is 54.0. The van der Waals surface area contributed by atoms with Gasteiger partial charge in [0.25, 0.3) is 0 Å². The molecular formula is C64H105NO8. The van der Waals surface area contributed by atoms with E-state index in [4.69, 9.17) is 18.9 Å². The van der Waals surface area contributed by atoms with Crippen LogP contribution in [0.15, 0.2) is 122 Å². The van der Waals surface area contributed by atoms with E-state index in [2.05, 4.69) is 135 Å². The number of esters is 2. The first kappa shape index (κ1) is 68.7. The number of carboxylic acid groups (broad SMARTS) is 1. The van der Waals surface area contributed by atoms with Crippen molar-refractivity contribution in [2.75, 3.05) is 47.5 Å². The van der Waals surface area contributed by atoms with E-state index in [0.717, 1.165) is 122 Å². The molecule has 0 bridgehead atoms. The highest BCUT2D eigenvalue weighted by molar-refractivity contribution is 5.70. The van der Waals surface area contributed by atoms with Gasteiger partial charge in [-0.25, -0.2) is 0 Å². The molecule has 0 aliphatic heterocycles. The van der Waals surface area contributed by atoms with Crippen LogP contribution in [0.1, 0.15) is 206 Å². The van der Waals surface area contributed by atoms with E-state index < -0.39 is 24.3 Å². The van der Waals surface area contributed by atoms with Gasteiger partial charge in [0.2, 0.25) is 0 Å². The molecule has 0 rings (SSSR count). The second-order valence-corrected chi connectivity index (χ2v) is 19.8. The summed E-state index contributed by atoms with van der Waals surface area (Å²) in [5, 5.41) is 11.8. The molecule has 0 N–H and O–H groups in total. The largest absolute Gasteiger partial charge is 0.545 e. The van der Waals surface area contributed by atoms with Crippen molar-refractivity contribution in [2.45, 2.75) is 219 Å². The molecule has 2 unspecified atom stereocenters. The number of nitrogens with zero attached hydrogens (tertiary/aromatic N) is 1. The molecule has 0 fully saturated rings. The number of rotatable bonds is 51. The Morgan fingerprint density at radius 1 is 0.411 bits per heavy atom. The van der Waals surface area contributed by atoms with Crippen LogP contribution in [-0.2, 0) is 33.3 Å². The molecule has 0 aliphatic rings. The van der Waals surface area contributed by atoms with Crippen molar-refractivity contribution in [3.8, 4) is 0 Å². The lowest BCUT2D eigenvalue weighted by Gasteiger charge is -2.26. The maximum absolute atomic E-state index is 12.9. The molecule has 0 spiro atoms. The molecule has 0 saturated heterocycles. The quantitative estimate of drug-likeness (QED) is 0.0195. The maximum atomic E-state index is 12.9. The van der Waals surface area contributed by atoms with Crippen LogP contribution in [0, 0.1) is 0 Å². The molecule has 73 heavy (non-hydrogen) atoms. The van der Waals surface area contributed by atoms with E-state index in [0.29, 0.717) is 17.4 Å². The highest BCUT2D eigenvalue weighted by atomic mass is 16.7. The Labute approximate surface area is 447 Å². The molecule has 0 saturated carbocycles. The van der Waals surface area contributed by atoms with E-state index in [1.165, 1.54) is 51.4 Å². The lowest BCUT2D eigenvalue weighted by molar-refractivity contribution is -0.870. The normalized spacial score (nSPS) is 13.7. The van der Waals surface area contributed by atoms with Gasteiger partial charge in [0, 0.05) is 12.8 Å². The Morgan fingerprint density at radius 3 is 1.10 bits per heavy atom. The average Bonchev–Trinajstić information content (AvgIpc) is 3.36. The van der Waals surface area contributed by atoms with Gasteiger partial charge >= 0.3 is 11.9 Å². The lowest BCUT2D eigenvalue weighted by Crippen LogP contribution is -2.44. The zero-order valence-corrected chi connectivity index (χ0v) is 47.0. The minimum absolute atomic E-state index is 0.137. The summed E-state index contributed by atoms with van der Waals surface area (Å²) in [7, 11) is 5.91. The van der Waals surface area contributed by atoms with Crippen molar-refractivity contribution in [1.82, 2.24) is 0 Å². The minimum atomic E-state index is -1.63. The SMILES string of the molecule is CC/C=C\C/C=C\C/C=C\C/C=C\C/C=C\CCCCCCCCCCCC(=O)OC(COC(=O)CCCCCCCCC/C=C\C/C=C\C/C=C\C/C=C\C/C=C\CC)COC(OCC[N+](C)(C)C)C(=O)[O-]. The number of carbonyl (C=O) groups is 3. The van der Waals surface area contributed by atoms with Crippen molar-refractivity contribution in [3.63, 3.8) is 0 Å². The van der Waals surface area contributed by atoms with Gasteiger partial charge < -0.3 is 33.3 Å². The zero-order chi connectivity index (χ0) is 53.4. The van der Waals surface area contributed by atoms with Crippen LogP contribution >= 0.6 is 0 Å². The molecule has 9 nitrogen and oxygen atoms in total. The van der Waals surface area contributed by atoms with Crippen LogP contribution in [0.25, 0.3) is 0 Å². The number of aliphatic carboxylic acids is 1. The van der Waals surface area contributed by atoms with Crippen molar-refractivity contribution >= 4 is 17.9 Å². The van der Waals surface area contributed by atoms with Gasteiger partial charge in [0.05, 0.1) is 40.3 Å². The number of carboxylic acids is 1. The van der Waals surface area contributed by atoms with Gasteiger partial charge in [-0.05, 0) is 103 Å². The topological polar surface area (TPSA) is 111 Å². The fourth-order valence-electron chi connectivity index (χ4n) is 7.35. The predicted molar refractivity (Wildman–Crippen MR) is 306 cm³/mol. The summed E-state index contributed by atoms with van der Waals surface area (Å²) in [6, 6.07) is 0. The monoisotopic (exact) mass is 1020 g/mol. The van der Waals surface area contributed by atoms with E-state index in [1.807, 2.05) is 21.1 Å². The Kier molecular flexibility index (Phi) is 50.8. The molecule has 0 aromatic heterocycles. The number of allylic oxidation sites excluding steroid dienone is 20. The maximum Gasteiger partial charge on any atom is 0.306 e. The standard InChI is InChI=1S/C64H105NO8/c1-6-8-10-12-14-16-18-20-22-24-26-28-30-31-33-35-37-39-41-43-45-47-49-51-53-55-62(67)73-60(59-72-64(63(68)69)70-57-56-65(3,4)5)58-71-61(66)54-52-50-48-46-44-42-40-38-36-34-32-29-27-25-23-21-19-17-15-13-11-9-7-2/h8-11,14-17,20-23,26-29,31,33-34,36,60,64H,6-7,12-13,18-19,24-25,30,32,35,37-59H2,1-5H3/b10-8-,11-9-,16-14-,17-15-,22-20-,23-21-,28-26-,29-27-,33-31-,36-34-. The number of quaternary nitrogens is 1. The van der Waals surface area contributed by atoms with E-state index in [9.17, 15) is 19.5 Å². The first-order valence-electron chi connectivity index (χ1n) is 28.7. The van der Waals surface area contributed by atoms with Crippen molar-refractivity contribution in [3.05, 3.63) is 122 Å². The van der Waals surface area contributed by atoms with Crippen LogP contribution in [0.4, 0.5) is 0 Å². The highest BCUT2D eigenvalue weighted by Crippen LogP contribution is 2.14. The average molecular weight is 1020 g/mol. The number of carbonyl (C=O) groups excluding carboxylic acids is 3. The molecule has 0 aromatic carbocycles. The Morgan fingerprint density at radius 2 is 0.740 bits per heavy atom. The van der Waals surface area contributed by atoms with Crippen LogP contribution in [0.2, 0.25) is 0 Å². The smallest absolute Gasteiger partial charge is 0.306 e. The summed E-state index contributed by atoms with van der Waals surface area (Å²) in [6.45, 7) is 4.48. The summed E-state index contributed by atoms with van der Waals surface area (Å²) in [5.41, 5.74) is 0. The summed E-state index contributed by atoms with van der Waals surface area (Å²) in [6.07, 6.45) is 72.3. The van der Waals surface area contributed by atoms with Crippen LogP contribution in [0.3, 0.4) is 0 Å². The van der Waals surface area contributed by atoms with Crippen LogP contribution < -0.4 is 5.11 Å². The number of ether oxygens (including phenoxy) is 4. The van der Waals surface area contributed by atoms with Crippen molar-refractivity contribution in [2.24, 2.45) is 0 Å². The second-order valence-electron chi connectivity index (χ2n) is 19.8. The first-order valence-corrected chi connectivity index (χ1v) is 28.7. The van der Waals surface area contributed by atoms with Crippen LogP contribution in [0.5, 0.6) is 0 Å². The van der Waals surface area contributed by atoms with Gasteiger partial charge in [-0.15, -0.1) is 0 Å². The summed E-state index contributed by atoms with van der Waals surface area (Å²) < 4.78 is 22.7. The van der Waals surface area contributed by atoms with Gasteiger partial charge in [-0.2, -0.15) is 0 Å². The highest BCUT2D eigenvalue weighted by Gasteiger charge is 2.22. The molecule has 9 heteroatoms. The summed E-state index contributed by atoms with van der Waals surface area (Å²) >= 11 is 0. The summed E-state index contributed by atoms with van der Waals surface area (Å²) in [4.78, 5) is 37.3. The van der Waals surface area contributed by atoms with Gasteiger partial charge in [-0.3, -0.25) is 9.59 Å². The van der Waals surface area contributed by atoms with Gasteiger partial charge in [-0.1, -0.05) is 212 Å². The lowest BCUT2D eigenvalue weighted by atomic mass is 10.1. The molecule has 0 radical (unpaired) electrons. The van der Waals surface area contributed by atoms with Crippen molar-refractivity contribution in [1.29, 1.82) is 0 Å². The number of unbranched alkanes of at least 4 members (excludes halogenated alkanes) is 16. The molecule has 0 aliphatic carbocycles. The molecular weight excluding hydrogens is 911 g/mol. The summed E-state index contributed by atoms with van der Waals surface area (Å²) in [5.74, 6) is -2.32. The van der Waals surface area contributed by atoms with E-state index in [1.54, 1.807) is 0 Å². The molecule has 0 aromatic rings. The Hall–Kier alpha value is -4.31. The predicted octanol–water partition coefficient (Wildman–Crippen LogP) is 15.6. The number of hydrogen-bond donors (Lipinski definition) is 0. The van der Waals surface area contributed by atoms with Gasteiger partial charge in [0.15, 0.2) is 12.4 Å². The van der Waals surface area contributed by atoms with E-state index >= 15 is 0 Å². The van der Waals surface area contributed by atoms with E-state index in [-0.39, 0.29) is 38.6 Å². The fraction of sp³-hybridized carbons (Fsp3) is 0.641. The number of hydrogen-bond acceptors (Lipinski definition) is 8. The molecule has 0 amide bonds. The number of likely N-dealkylation sites (N-methyl/N-ethyl adjacent to an activating group) is 1. The molecule has 2 atom stereocenters. The zero-order valence-electron chi connectivity index (χ0n) is 47.0. The third kappa shape index (κ3) is 55.3. The van der Waals surface area contributed by atoms with Crippen molar-refractivity contribution < 1.29 is 42.9 Å². The fourth-order valence-corrected chi connectivity index (χ4v) is 7.35. The minimum Gasteiger partial charge on any atom is -0.545 e. The first-order chi connectivity index (χ1) is 35.6. The molecule has 414 valence electrons. The third-order valence-electron chi connectivity index (χ3n) is 11.7. The Bertz CT molecular complexity index is 1610. The van der Waals surface area contributed by atoms with Gasteiger partial charge in [0.1, 0.15) is 13.2 Å². The third-order valence-corrected chi connectivity index (χ3v) is 11.7. The Balaban J connectivity index is 4.33. The van der Waals surface area contributed by atoms with Crippen LogP contribution in [-0.4, -0.2) is 82.3 Å². The molecule has 0 heterocycles.